The standard InChI is InChI=1S/C18H19ClN2O/c1-12(2)21-10-13(15-8-7-14(20)9-17(15)21)11-22-18-6-4-3-5-16(18)19/h3-10,12H,11,20H2,1-2H3. The van der Waals surface area contributed by atoms with E-state index in [0.29, 0.717) is 23.4 Å². The van der Waals surface area contributed by atoms with Gasteiger partial charge in [-0.1, -0.05) is 29.8 Å². The smallest absolute Gasteiger partial charge is 0.138 e. The van der Waals surface area contributed by atoms with E-state index in [1.165, 1.54) is 0 Å². The summed E-state index contributed by atoms with van der Waals surface area (Å²) in [4.78, 5) is 0. The highest BCUT2D eigenvalue weighted by atomic mass is 35.5. The van der Waals surface area contributed by atoms with Gasteiger partial charge in [-0.05, 0) is 38.1 Å². The number of rotatable bonds is 4. The van der Waals surface area contributed by atoms with Gasteiger partial charge in [0.1, 0.15) is 12.4 Å². The number of para-hydroxylation sites is 1. The monoisotopic (exact) mass is 314 g/mol. The lowest BCUT2D eigenvalue weighted by molar-refractivity contribution is 0.307. The summed E-state index contributed by atoms with van der Waals surface area (Å²) in [6.07, 6.45) is 2.13. The number of nitrogens with two attached hydrogens (primary N) is 1. The summed E-state index contributed by atoms with van der Waals surface area (Å²) in [5.41, 5.74) is 8.96. The first-order valence-electron chi connectivity index (χ1n) is 7.32. The van der Waals surface area contributed by atoms with Crippen LogP contribution in [0.25, 0.3) is 10.9 Å². The first-order valence-corrected chi connectivity index (χ1v) is 7.70. The number of aromatic nitrogens is 1. The third-order valence-corrected chi connectivity index (χ3v) is 4.03. The van der Waals surface area contributed by atoms with Crippen molar-refractivity contribution in [2.24, 2.45) is 0 Å². The maximum atomic E-state index is 6.14. The molecule has 0 radical (unpaired) electrons. The van der Waals surface area contributed by atoms with Gasteiger partial charge in [-0.2, -0.15) is 0 Å². The molecule has 0 saturated heterocycles. The molecule has 2 N–H and O–H groups in total. The number of ether oxygens (including phenoxy) is 1. The van der Waals surface area contributed by atoms with E-state index < -0.39 is 0 Å². The Kier molecular flexibility index (Phi) is 3.99. The minimum absolute atomic E-state index is 0.360. The molecule has 3 rings (SSSR count). The van der Waals surface area contributed by atoms with Gasteiger partial charge < -0.3 is 15.0 Å². The second-order valence-corrected chi connectivity index (χ2v) is 6.06. The summed E-state index contributed by atoms with van der Waals surface area (Å²) in [6, 6.07) is 13.9. The van der Waals surface area contributed by atoms with Crippen LogP contribution in [0.3, 0.4) is 0 Å². The zero-order valence-corrected chi connectivity index (χ0v) is 13.5. The number of halogens is 1. The molecule has 0 unspecified atom stereocenters. The van der Waals surface area contributed by atoms with Crippen LogP contribution in [0.2, 0.25) is 5.02 Å². The molecule has 2 aromatic carbocycles. The van der Waals surface area contributed by atoms with Crippen molar-refractivity contribution < 1.29 is 4.74 Å². The molecule has 22 heavy (non-hydrogen) atoms. The van der Waals surface area contributed by atoms with Gasteiger partial charge in [0.25, 0.3) is 0 Å². The number of hydrogen-bond acceptors (Lipinski definition) is 2. The molecule has 0 amide bonds. The molecular formula is C18H19ClN2O. The Morgan fingerprint density at radius 2 is 1.95 bits per heavy atom. The molecule has 1 heterocycles. The lowest BCUT2D eigenvalue weighted by Crippen LogP contribution is -1.99. The van der Waals surface area contributed by atoms with Crippen LogP contribution >= 0.6 is 11.6 Å². The highest BCUT2D eigenvalue weighted by Gasteiger charge is 2.12. The average molecular weight is 315 g/mol. The molecule has 0 aliphatic rings. The predicted octanol–water partition coefficient (Wildman–Crippen LogP) is 5.04. The van der Waals surface area contributed by atoms with Gasteiger partial charge in [0.2, 0.25) is 0 Å². The summed E-state index contributed by atoms with van der Waals surface area (Å²) in [5.74, 6) is 0.699. The Labute approximate surface area is 135 Å². The summed E-state index contributed by atoms with van der Waals surface area (Å²) < 4.78 is 8.10. The number of benzene rings is 2. The maximum Gasteiger partial charge on any atom is 0.138 e. The van der Waals surface area contributed by atoms with Gasteiger partial charge in [-0.15, -0.1) is 0 Å². The van der Waals surface area contributed by atoms with Crippen LogP contribution in [-0.4, -0.2) is 4.57 Å². The summed E-state index contributed by atoms with van der Waals surface area (Å²) in [7, 11) is 0. The first-order chi connectivity index (χ1) is 10.6. The molecule has 0 spiro atoms. The Hall–Kier alpha value is -2.13. The molecule has 0 aliphatic heterocycles. The third-order valence-electron chi connectivity index (χ3n) is 3.72. The molecule has 0 aliphatic carbocycles. The van der Waals surface area contributed by atoms with E-state index in [9.17, 15) is 0 Å². The molecular weight excluding hydrogens is 296 g/mol. The van der Waals surface area contributed by atoms with Crippen molar-refractivity contribution in [1.82, 2.24) is 4.57 Å². The SMILES string of the molecule is CC(C)n1cc(COc2ccccc2Cl)c2ccc(N)cc21. The Balaban J connectivity index is 1.96. The third kappa shape index (κ3) is 2.77. The number of hydrogen-bond donors (Lipinski definition) is 1. The largest absolute Gasteiger partial charge is 0.487 e. The molecule has 114 valence electrons. The molecule has 0 fully saturated rings. The minimum atomic E-state index is 0.360. The van der Waals surface area contributed by atoms with Crippen molar-refractivity contribution in [3.05, 3.63) is 59.2 Å². The lowest BCUT2D eigenvalue weighted by atomic mass is 10.1. The van der Waals surface area contributed by atoms with E-state index >= 15 is 0 Å². The molecule has 3 aromatic rings. The normalized spacial score (nSPS) is 11.3. The van der Waals surface area contributed by atoms with Crippen LogP contribution in [0.1, 0.15) is 25.5 Å². The fraction of sp³-hybridized carbons (Fsp3) is 0.222. The van der Waals surface area contributed by atoms with Gasteiger partial charge >= 0.3 is 0 Å². The van der Waals surface area contributed by atoms with Gasteiger partial charge in [0.05, 0.1) is 10.5 Å². The van der Waals surface area contributed by atoms with Gasteiger partial charge in [0, 0.05) is 28.9 Å². The van der Waals surface area contributed by atoms with Crippen LogP contribution in [0.4, 0.5) is 5.69 Å². The topological polar surface area (TPSA) is 40.2 Å². The Bertz CT molecular complexity index is 808. The van der Waals surface area contributed by atoms with E-state index in [0.717, 1.165) is 22.2 Å². The van der Waals surface area contributed by atoms with Crippen LogP contribution in [0, 0.1) is 0 Å². The predicted molar refractivity (Wildman–Crippen MR) is 92.5 cm³/mol. The molecule has 0 bridgehead atoms. The van der Waals surface area contributed by atoms with E-state index in [2.05, 4.69) is 30.7 Å². The average Bonchev–Trinajstić information content (AvgIpc) is 2.84. The number of nitrogen functional groups attached to an aromatic ring is 1. The fourth-order valence-corrected chi connectivity index (χ4v) is 2.79. The number of anilines is 1. The van der Waals surface area contributed by atoms with Crippen molar-refractivity contribution in [1.29, 1.82) is 0 Å². The maximum absolute atomic E-state index is 6.14. The van der Waals surface area contributed by atoms with Gasteiger partial charge in [-0.3, -0.25) is 0 Å². The summed E-state index contributed by atoms with van der Waals surface area (Å²) >= 11 is 6.14. The zero-order chi connectivity index (χ0) is 15.7. The highest BCUT2D eigenvalue weighted by Crippen LogP contribution is 2.29. The van der Waals surface area contributed by atoms with E-state index in [1.807, 2.05) is 36.4 Å². The van der Waals surface area contributed by atoms with Crippen LogP contribution in [0.5, 0.6) is 5.75 Å². The van der Waals surface area contributed by atoms with Gasteiger partial charge in [-0.25, -0.2) is 0 Å². The molecule has 1 aromatic heterocycles. The van der Waals surface area contributed by atoms with E-state index in [-0.39, 0.29) is 0 Å². The van der Waals surface area contributed by atoms with Crippen molar-refractivity contribution in [3.8, 4) is 5.75 Å². The van der Waals surface area contributed by atoms with E-state index in [1.54, 1.807) is 0 Å². The fourth-order valence-electron chi connectivity index (χ4n) is 2.60. The lowest BCUT2D eigenvalue weighted by Gasteiger charge is -2.09. The highest BCUT2D eigenvalue weighted by molar-refractivity contribution is 6.32. The number of nitrogens with zero attached hydrogens (tertiary/aromatic N) is 1. The van der Waals surface area contributed by atoms with Crippen molar-refractivity contribution >= 4 is 28.2 Å². The Morgan fingerprint density at radius 3 is 2.68 bits per heavy atom. The van der Waals surface area contributed by atoms with E-state index in [4.69, 9.17) is 22.1 Å². The molecule has 4 heteroatoms. The quantitative estimate of drug-likeness (QED) is 0.685. The van der Waals surface area contributed by atoms with Crippen molar-refractivity contribution in [3.63, 3.8) is 0 Å². The number of fused-ring (bicyclic) bond motifs is 1. The molecule has 0 saturated carbocycles. The van der Waals surface area contributed by atoms with Crippen LogP contribution in [0.15, 0.2) is 48.7 Å². The van der Waals surface area contributed by atoms with Crippen molar-refractivity contribution in [2.45, 2.75) is 26.5 Å². The Morgan fingerprint density at radius 1 is 1.18 bits per heavy atom. The molecule has 3 nitrogen and oxygen atoms in total. The second kappa shape index (κ2) is 5.93. The summed E-state index contributed by atoms with van der Waals surface area (Å²) in [6.45, 7) is 4.78. The summed E-state index contributed by atoms with van der Waals surface area (Å²) in [5, 5.41) is 1.79. The first kappa shape index (κ1) is 14.8. The minimum Gasteiger partial charge on any atom is -0.487 e. The van der Waals surface area contributed by atoms with Gasteiger partial charge in [0.15, 0.2) is 0 Å². The van der Waals surface area contributed by atoms with Crippen LogP contribution < -0.4 is 10.5 Å². The second-order valence-electron chi connectivity index (χ2n) is 5.65. The van der Waals surface area contributed by atoms with Crippen LogP contribution in [-0.2, 0) is 6.61 Å². The zero-order valence-electron chi connectivity index (χ0n) is 12.7. The molecule has 0 atom stereocenters. The van der Waals surface area contributed by atoms with Crippen molar-refractivity contribution in [2.75, 3.05) is 5.73 Å².